The van der Waals surface area contributed by atoms with E-state index in [0.717, 1.165) is 5.56 Å². The maximum Gasteiger partial charge on any atom is 0.334 e. The van der Waals surface area contributed by atoms with Crippen LogP contribution in [0.2, 0.25) is 0 Å². The summed E-state index contributed by atoms with van der Waals surface area (Å²) in [5.41, 5.74) is 0.812. The van der Waals surface area contributed by atoms with Gasteiger partial charge >= 0.3 is 10.5 Å². The van der Waals surface area contributed by atoms with Gasteiger partial charge in [-0.25, -0.2) is 0 Å². The van der Waals surface area contributed by atoms with E-state index in [9.17, 15) is 8.42 Å². The van der Waals surface area contributed by atoms with Crippen LogP contribution in [0.1, 0.15) is 5.56 Å². The summed E-state index contributed by atoms with van der Waals surface area (Å²) in [6.45, 7) is 0. The average Bonchev–Trinajstić information content (AvgIpc) is 2.42. The molecule has 0 atom stereocenters. The van der Waals surface area contributed by atoms with Gasteiger partial charge in [0.2, 0.25) is 0 Å². The maximum atomic E-state index is 9.91. The van der Waals surface area contributed by atoms with Crippen LogP contribution in [0.15, 0.2) is 76.3 Å². The van der Waals surface area contributed by atoms with E-state index in [2.05, 4.69) is 9.57 Å². The van der Waals surface area contributed by atoms with Gasteiger partial charge in [0.25, 0.3) is 0 Å². The molecule has 18 heavy (non-hydrogen) atoms. The van der Waals surface area contributed by atoms with E-state index >= 15 is 0 Å². The van der Waals surface area contributed by atoms with E-state index in [4.69, 9.17) is 0 Å². The molecule has 5 heteroatoms. The highest BCUT2D eigenvalue weighted by Crippen LogP contribution is 1.93. The van der Waals surface area contributed by atoms with Gasteiger partial charge in [0, 0.05) is 0 Å². The Morgan fingerprint density at radius 1 is 0.778 bits per heavy atom. The molecule has 0 saturated heterocycles. The summed E-state index contributed by atoms with van der Waals surface area (Å²) in [7, 11) is -2.46. The van der Waals surface area contributed by atoms with Crippen molar-refractivity contribution in [1.29, 1.82) is 0 Å². The normalized spacial score (nSPS) is 9.33. The number of hydrogen-bond acceptors (Lipinski definition) is 3. The molecule has 0 fully saturated rings. The van der Waals surface area contributed by atoms with E-state index in [0.29, 0.717) is 0 Å². The Labute approximate surface area is 107 Å². The molecule has 2 aromatic rings. The molecule has 0 amide bonds. The van der Waals surface area contributed by atoms with Crippen LogP contribution >= 0.6 is 0 Å². The molecule has 0 saturated carbocycles. The summed E-state index contributed by atoms with van der Waals surface area (Å²) in [5.74, 6) is 0. The summed E-state index contributed by atoms with van der Waals surface area (Å²) in [4.78, 5) is 0. The van der Waals surface area contributed by atoms with Crippen molar-refractivity contribution in [2.24, 2.45) is 9.57 Å². The van der Waals surface area contributed by atoms with E-state index in [1.165, 1.54) is 6.21 Å². The van der Waals surface area contributed by atoms with Gasteiger partial charge in [0.1, 0.15) is 0 Å². The maximum absolute atomic E-state index is 9.91. The Morgan fingerprint density at radius 2 is 1.22 bits per heavy atom. The minimum atomic E-state index is -2.46. The minimum Gasteiger partial charge on any atom is -0.162 e. The second-order valence-corrected chi connectivity index (χ2v) is 3.71. The standard InChI is InChI=1S/C7H6N2O2S.C6H6/c10-12(11)9-8-6-7-4-2-1-3-5-7;1-2-4-6-5-3-1/h1-6H;1-6H. The molecule has 0 radical (unpaired) electrons. The largest absolute Gasteiger partial charge is 0.334 e. The molecule has 2 aromatic carbocycles. The van der Waals surface area contributed by atoms with Crippen LogP contribution in [-0.2, 0) is 10.5 Å². The molecule has 2 rings (SSSR count). The fourth-order valence-corrected chi connectivity index (χ4v) is 1.18. The summed E-state index contributed by atoms with van der Waals surface area (Å²) >= 11 is 0. The highest BCUT2D eigenvalue weighted by atomic mass is 32.2. The second kappa shape index (κ2) is 8.83. The van der Waals surface area contributed by atoms with Crippen LogP contribution < -0.4 is 0 Å². The summed E-state index contributed by atoms with van der Waals surface area (Å²) in [5, 5.41) is 3.33. The zero-order valence-electron chi connectivity index (χ0n) is 9.55. The third kappa shape index (κ3) is 7.08. The zero-order valence-corrected chi connectivity index (χ0v) is 10.4. The van der Waals surface area contributed by atoms with E-state index in [1.54, 1.807) is 12.1 Å². The molecule has 0 aliphatic heterocycles. The molecule has 0 aromatic heterocycles. The van der Waals surface area contributed by atoms with Gasteiger partial charge in [-0.05, 0) is 10.0 Å². The molecule has 92 valence electrons. The molecule has 0 spiro atoms. The molecule has 0 unspecified atom stereocenters. The quantitative estimate of drug-likeness (QED) is 0.615. The van der Waals surface area contributed by atoms with E-state index in [-0.39, 0.29) is 0 Å². The van der Waals surface area contributed by atoms with Crippen molar-refractivity contribution in [3.63, 3.8) is 0 Å². The van der Waals surface area contributed by atoms with Gasteiger partial charge in [-0.2, -0.15) is 8.42 Å². The molecule has 0 aliphatic carbocycles. The molecule has 0 heterocycles. The van der Waals surface area contributed by atoms with Crippen molar-refractivity contribution in [2.45, 2.75) is 0 Å². The predicted octanol–water partition coefficient (Wildman–Crippen LogP) is 2.77. The summed E-state index contributed by atoms with van der Waals surface area (Å²) in [6.07, 6.45) is 1.37. The van der Waals surface area contributed by atoms with Crippen molar-refractivity contribution < 1.29 is 8.42 Å². The number of benzene rings is 2. The van der Waals surface area contributed by atoms with Crippen LogP contribution in [0.25, 0.3) is 0 Å². The van der Waals surface area contributed by atoms with Gasteiger partial charge in [0.05, 0.1) is 6.21 Å². The van der Waals surface area contributed by atoms with Crippen LogP contribution in [0.3, 0.4) is 0 Å². The smallest absolute Gasteiger partial charge is 0.162 e. The fraction of sp³-hybridized carbons (Fsp3) is 0. The number of rotatable bonds is 2. The Bertz CT molecular complexity index is 559. The molecule has 0 N–H and O–H groups in total. The Hall–Kier alpha value is -2.27. The molecular weight excluding hydrogens is 248 g/mol. The average molecular weight is 260 g/mol. The molecule has 4 nitrogen and oxygen atoms in total. The first-order valence-corrected chi connectivity index (χ1v) is 6.21. The fourth-order valence-electron chi connectivity index (χ4n) is 1.05. The van der Waals surface area contributed by atoms with Crippen molar-refractivity contribution in [2.75, 3.05) is 0 Å². The number of nitrogens with zero attached hydrogens (tertiary/aromatic N) is 2. The SMILES string of the molecule is O=S(=O)=NN=Cc1ccccc1.c1ccccc1. The van der Waals surface area contributed by atoms with Gasteiger partial charge in [-0.1, -0.05) is 66.7 Å². The van der Waals surface area contributed by atoms with Gasteiger partial charge in [-0.3, -0.25) is 0 Å². The summed E-state index contributed by atoms with van der Waals surface area (Å²) < 4.78 is 22.7. The van der Waals surface area contributed by atoms with Crippen LogP contribution in [0, 0.1) is 0 Å². The lowest BCUT2D eigenvalue weighted by atomic mass is 10.2. The molecule has 0 aliphatic rings. The zero-order chi connectivity index (χ0) is 13.1. The lowest BCUT2D eigenvalue weighted by Gasteiger charge is -1.85. The Balaban J connectivity index is 0.000000225. The van der Waals surface area contributed by atoms with Gasteiger partial charge in [0.15, 0.2) is 0 Å². The Kier molecular flexibility index (Phi) is 6.77. The van der Waals surface area contributed by atoms with Crippen LogP contribution in [-0.4, -0.2) is 14.6 Å². The third-order valence-corrected chi connectivity index (χ3v) is 2.01. The van der Waals surface area contributed by atoms with Crippen molar-refractivity contribution >= 4 is 16.7 Å². The van der Waals surface area contributed by atoms with Crippen molar-refractivity contribution in [3.05, 3.63) is 72.3 Å². The van der Waals surface area contributed by atoms with Crippen molar-refractivity contribution in [1.82, 2.24) is 0 Å². The minimum absolute atomic E-state index is 0.812. The molecular formula is C13H12N2O2S. The predicted molar refractivity (Wildman–Crippen MR) is 71.8 cm³/mol. The van der Waals surface area contributed by atoms with Crippen molar-refractivity contribution in [3.8, 4) is 0 Å². The summed E-state index contributed by atoms with van der Waals surface area (Å²) in [6, 6.07) is 21.1. The van der Waals surface area contributed by atoms with E-state index < -0.39 is 10.5 Å². The van der Waals surface area contributed by atoms with Crippen LogP contribution in [0.4, 0.5) is 0 Å². The third-order valence-electron chi connectivity index (χ3n) is 1.79. The first-order chi connectivity index (χ1) is 8.79. The first kappa shape index (κ1) is 13.8. The highest BCUT2D eigenvalue weighted by molar-refractivity contribution is 7.61. The van der Waals surface area contributed by atoms with Gasteiger partial charge < -0.3 is 0 Å². The van der Waals surface area contributed by atoms with E-state index in [1.807, 2.05) is 54.6 Å². The number of hydrogen-bond donors (Lipinski definition) is 0. The monoisotopic (exact) mass is 260 g/mol. The lowest BCUT2D eigenvalue weighted by Crippen LogP contribution is -1.76. The topological polar surface area (TPSA) is 58.9 Å². The molecule has 0 bridgehead atoms. The van der Waals surface area contributed by atoms with Crippen LogP contribution in [0.5, 0.6) is 0 Å². The lowest BCUT2D eigenvalue weighted by molar-refractivity contribution is 0.621. The van der Waals surface area contributed by atoms with Gasteiger partial charge in [-0.15, -0.1) is 5.10 Å². The Morgan fingerprint density at radius 3 is 1.67 bits per heavy atom. The second-order valence-electron chi connectivity index (χ2n) is 3.11. The highest BCUT2D eigenvalue weighted by Gasteiger charge is 1.81. The first-order valence-electron chi connectivity index (χ1n) is 5.17.